The van der Waals surface area contributed by atoms with Gasteiger partial charge in [0.05, 0.1) is 17.6 Å². The van der Waals surface area contributed by atoms with Crippen LogP contribution in [0.1, 0.15) is 30.1 Å². The Morgan fingerprint density at radius 3 is 2.82 bits per heavy atom. The first-order chi connectivity index (χ1) is 10.6. The van der Waals surface area contributed by atoms with Gasteiger partial charge in [-0.15, -0.1) is 11.3 Å². The SMILES string of the molecule is CN(C)N1C(N)=C(C#N)[C@H](c2cccs2)C2=C1CCCC2=O. The Bertz CT molecular complexity index is 709. The third-order valence-corrected chi connectivity index (χ3v) is 5.05. The molecule has 6 heteroatoms. The molecule has 114 valence electrons. The number of carbonyl (C=O) groups is 1. The first kappa shape index (κ1) is 14.8. The van der Waals surface area contributed by atoms with Crippen LogP contribution >= 0.6 is 11.3 Å². The summed E-state index contributed by atoms with van der Waals surface area (Å²) in [6, 6.07) is 6.15. The largest absolute Gasteiger partial charge is 0.383 e. The fourth-order valence-electron chi connectivity index (χ4n) is 3.26. The van der Waals surface area contributed by atoms with Crippen LogP contribution in [-0.2, 0) is 4.79 Å². The maximum Gasteiger partial charge on any atom is 0.161 e. The Labute approximate surface area is 133 Å². The molecule has 1 aliphatic carbocycles. The van der Waals surface area contributed by atoms with Crippen molar-refractivity contribution in [2.45, 2.75) is 25.2 Å². The lowest BCUT2D eigenvalue weighted by Gasteiger charge is -2.42. The van der Waals surface area contributed by atoms with Gasteiger partial charge in [0.25, 0.3) is 0 Å². The van der Waals surface area contributed by atoms with Crippen LogP contribution in [0.2, 0.25) is 0 Å². The fourth-order valence-corrected chi connectivity index (χ4v) is 4.11. The highest BCUT2D eigenvalue weighted by molar-refractivity contribution is 7.10. The van der Waals surface area contributed by atoms with Gasteiger partial charge in [0, 0.05) is 36.7 Å². The molecule has 2 N–H and O–H groups in total. The molecule has 1 aromatic rings. The summed E-state index contributed by atoms with van der Waals surface area (Å²) in [4.78, 5) is 13.6. The second-order valence-electron chi connectivity index (χ2n) is 5.66. The van der Waals surface area contributed by atoms with Crippen LogP contribution in [0.5, 0.6) is 0 Å². The molecule has 0 saturated heterocycles. The van der Waals surface area contributed by atoms with E-state index in [9.17, 15) is 10.1 Å². The third kappa shape index (κ3) is 2.14. The van der Waals surface area contributed by atoms with Crippen LogP contribution in [0.15, 0.2) is 40.2 Å². The van der Waals surface area contributed by atoms with Crippen molar-refractivity contribution in [3.63, 3.8) is 0 Å². The van der Waals surface area contributed by atoms with Crippen molar-refractivity contribution >= 4 is 17.1 Å². The van der Waals surface area contributed by atoms with E-state index < -0.39 is 0 Å². The van der Waals surface area contributed by atoms with E-state index in [0.717, 1.165) is 29.0 Å². The van der Waals surface area contributed by atoms with Crippen molar-refractivity contribution in [3.05, 3.63) is 45.1 Å². The Balaban J connectivity index is 2.25. The average Bonchev–Trinajstić information content (AvgIpc) is 2.99. The van der Waals surface area contributed by atoms with Gasteiger partial charge in [-0.1, -0.05) is 6.07 Å². The molecule has 1 aliphatic heterocycles. The molecule has 0 aromatic carbocycles. The molecule has 0 spiro atoms. The lowest BCUT2D eigenvalue weighted by atomic mass is 9.79. The highest BCUT2D eigenvalue weighted by atomic mass is 32.1. The smallest absolute Gasteiger partial charge is 0.161 e. The zero-order valence-corrected chi connectivity index (χ0v) is 13.5. The topological polar surface area (TPSA) is 73.4 Å². The number of hydrogen-bond donors (Lipinski definition) is 1. The minimum atomic E-state index is -0.316. The fraction of sp³-hybridized carbons (Fsp3) is 0.375. The number of ketones is 1. The Kier molecular flexibility index (Phi) is 3.77. The second kappa shape index (κ2) is 5.59. The van der Waals surface area contributed by atoms with Crippen molar-refractivity contribution in [2.24, 2.45) is 5.73 Å². The quantitative estimate of drug-likeness (QED) is 0.907. The van der Waals surface area contributed by atoms with Crippen molar-refractivity contribution in [1.29, 1.82) is 5.26 Å². The van der Waals surface area contributed by atoms with E-state index in [1.807, 2.05) is 41.6 Å². The maximum absolute atomic E-state index is 12.6. The maximum atomic E-state index is 12.6. The van der Waals surface area contributed by atoms with Crippen LogP contribution in [0.25, 0.3) is 0 Å². The predicted molar refractivity (Wildman–Crippen MR) is 85.3 cm³/mol. The molecule has 1 aromatic heterocycles. The van der Waals surface area contributed by atoms with Crippen LogP contribution in [0, 0.1) is 11.3 Å². The van der Waals surface area contributed by atoms with E-state index >= 15 is 0 Å². The molecule has 0 bridgehead atoms. The molecule has 0 unspecified atom stereocenters. The molecular weight excluding hydrogens is 296 g/mol. The van der Waals surface area contributed by atoms with E-state index in [1.54, 1.807) is 11.3 Å². The van der Waals surface area contributed by atoms with Crippen molar-refractivity contribution in [3.8, 4) is 6.07 Å². The highest BCUT2D eigenvalue weighted by Gasteiger charge is 2.40. The van der Waals surface area contributed by atoms with Crippen LogP contribution in [-0.4, -0.2) is 29.9 Å². The van der Waals surface area contributed by atoms with Gasteiger partial charge in [0.1, 0.15) is 5.82 Å². The molecule has 22 heavy (non-hydrogen) atoms. The molecule has 0 fully saturated rings. The van der Waals surface area contributed by atoms with E-state index in [4.69, 9.17) is 5.73 Å². The third-order valence-electron chi connectivity index (χ3n) is 4.11. The first-order valence-corrected chi connectivity index (χ1v) is 8.11. The lowest BCUT2D eigenvalue weighted by Crippen LogP contribution is -2.45. The number of thiophene rings is 1. The summed E-state index contributed by atoms with van der Waals surface area (Å²) in [5.41, 5.74) is 8.43. The number of rotatable bonds is 2. The van der Waals surface area contributed by atoms with Crippen LogP contribution in [0.3, 0.4) is 0 Å². The van der Waals surface area contributed by atoms with Crippen molar-refractivity contribution in [1.82, 2.24) is 10.0 Å². The summed E-state index contributed by atoms with van der Waals surface area (Å²) in [7, 11) is 3.74. The highest BCUT2D eigenvalue weighted by Crippen LogP contribution is 2.45. The van der Waals surface area contributed by atoms with Gasteiger partial charge in [-0.2, -0.15) is 5.26 Å². The lowest BCUT2D eigenvalue weighted by molar-refractivity contribution is -0.116. The number of carbonyl (C=O) groups excluding carboxylic acids is 1. The zero-order chi connectivity index (χ0) is 15.9. The Morgan fingerprint density at radius 1 is 1.45 bits per heavy atom. The number of nitriles is 1. The van der Waals surface area contributed by atoms with Crippen LogP contribution < -0.4 is 5.73 Å². The van der Waals surface area contributed by atoms with Gasteiger partial charge < -0.3 is 5.73 Å². The number of allylic oxidation sites excluding steroid dienone is 3. The van der Waals surface area contributed by atoms with Gasteiger partial charge in [-0.25, -0.2) is 5.01 Å². The van der Waals surface area contributed by atoms with Crippen LogP contribution in [0.4, 0.5) is 0 Å². The standard InChI is InChI=1S/C16H18N4OS/c1-19(2)20-11-5-3-6-12(21)15(11)14(10(9-17)16(20)18)13-7-4-8-22-13/h4,7-8,14H,3,5-6,18H2,1-2H3/t14-/m1/s1. The Hall–Kier alpha value is -2.10. The first-order valence-electron chi connectivity index (χ1n) is 7.23. The summed E-state index contributed by atoms with van der Waals surface area (Å²) < 4.78 is 0. The van der Waals surface area contributed by atoms with E-state index in [1.165, 1.54) is 0 Å². The number of Topliss-reactive ketones (excluding diaryl/α,β-unsaturated/α-hetero) is 1. The monoisotopic (exact) mass is 314 g/mol. The molecule has 3 rings (SSSR count). The van der Waals surface area contributed by atoms with Gasteiger partial charge in [-0.3, -0.25) is 9.80 Å². The van der Waals surface area contributed by atoms with Gasteiger partial charge >= 0.3 is 0 Å². The van der Waals surface area contributed by atoms with E-state index in [0.29, 0.717) is 17.8 Å². The number of hydrazine groups is 1. The predicted octanol–water partition coefficient (Wildman–Crippen LogP) is 2.32. The van der Waals surface area contributed by atoms with Gasteiger partial charge in [0.2, 0.25) is 0 Å². The van der Waals surface area contributed by atoms with Gasteiger partial charge in [0.15, 0.2) is 5.78 Å². The second-order valence-corrected chi connectivity index (χ2v) is 6.63. The zero-order valence-electron chi connectivity index (χ0n) is 12.7. The van der Waals surface area contributed by atoms with Crippen molar-refractivity contribution < 1.29 is 4.79 Å². The molecule has 1 atom stereocenters. The minimum Gasteiger partial charge on any atom is -0.383 e. The molecule has 0 radical (unpaired) electrons. The molecule has 0 amide bonds. The molecule has 5 nitrogen and oxygen atoms in total. The van der Waals surface area contributed by atoms with Crippen molar-refractivity contribution in [2.75, 3.05) is 14.1 Å². The Morgan fingerprint density at radius 2 is 2.23 bits per heavy atom. The summed E-state index contributed by atoms with van der Waals surface area (Å²) in [6.45, 7) is 0. The van der Waals surface area contributed by atoms with Gasteiger partial charge in [-0.05, 0) is 24.3 Å². The minimum absolute atomic E-state index is 0.131. The molecule has 0 saturated carbocycles. The number of nitrogens with zero attached hydrogens (tertiary/aromatic N) is 3. The summed E-state index contributed by atoms with van der Waals surface area (Å²) in [5.74, 6) is 0.245. The normalized spacial score (nSPS) is 22.2. The van der Waals surface area contributed by atoms with E-state index in [-0.39, 0.29) is 11.7 Å². The number of hydrogen-bond acceptors (Lipinski definition) is 6. The number of nitrogens with two attached hydrogens (primary N) is 1. The molecule has 2 heterocycles. The summed E-state index contributed by atoms with van der Waals surface area (Å²) in [6.07, 6.45) is 2.18. The van der Waals surface area contributed by atoms with E-state index in [2.05, 4.69) is 6.07 Å². The molecular formula is C16H18N4OS. The molecule has 2 aliphatic rings. The summed E-state index contributed by atoms with van der Waals surface area (Å²) >= 11 is 1.56. The average molecular weight is 314 g/mol. The summed E-state index contributed by atoms with van der Waals surface area (Å²) in [5, 5.41) is 15.3.